The highest BCUT2D eigenvalue weighted by molar-refractivity contribution is 9.09. The second-order valence-electron chi connectivity index (χ2n) is 1.78. The Morgan fingerprint density at radius 1 is 1.43 bits per heavy atom. The lowest BCUT2D eigenvalue weighted by atomic mass is 10.2. The highest BCUT2D eigenvalue weighted by atomic mass is 79.9. The van der Waals surface area contributed by atoms with Gasteiger partial charge in [-0.2, -0.15) is 0 Å². The smallest absolute Gasteiger partial charge is 0.112 e. The Labute approximate surface area is 52.2 Å². The molecule has 1 atom stereocenters. The van der Waals surface area contributed by atoms with Gasteiger partial charge in [-0.25, -0.2) is 0 Å². The van der Waals surface area contributed by atoms with Crippen LogP contribution < -0.4 is 0 Å². The molecule has 1 aliphatic rings. The average molecular weight is 165 g/mol. The first kappa shape index (κ1) is 5.57. The van der Waals surface area contributed by atoms with Gasteiger partial charge in [0.05, 0.1) is 0 Å². The predicted molar refractivity (Wildman–Crippen MR) is 32.5 cm³/mol. The van der Waals surface area contributed by atoms with Gasteiger partial charge in [-0.3, -0.25) is 0 Å². The maximum atomic E-state index is 5.19. The molecule has 0 radical (unpaired) electrons. The highest BCUT2D eigenvalue weighted by Gasteiger charge is 2.07. The first-order valence-electron chi connectivity index (χ1n) is 2.65. The zero-order valence-corrected chi connectivity index (χ0v) is 5.78. The summed E-state index contributed by atoms with van der Waals surface area (Å²) < 4.78 is 5.19. The van der Waals surface area contributed by atoms with E-state index in [-0.39, 0.29) is 0 Å². The Morgan fingerprint density at radius 3 is 2.57 bits per heavy atom. The Kier molecular flexibility index (Phi) is 2.13. The van der Waals surface area contributed by atoms with Crippen molar-refractivity contribution < 1.29 is 4.74 Å². The summed E-state index contributed by atoms with van der Waals surface area (Å²) in [7, 11) is 0. The molecule has 1 unspecified atom stereocenters. The molecule has 0 N–H and O–H groups in total. The van der Waals surface area contributed by atoms with Gasteiger partial charge in [-0.15, -0.1) is 0 Å². The van der Waals surface area contributed by atoms with Crippen LogP contribution in [0, 0.1) is 0 Å². The van der Waals surface area contributed by atoms with Crippen LogP contribution in [0.25, 0.3) is 0 Å². The Balaban J connectivity index is 2.12. The lowest BCUT2D eigenvalue weighted by molar-refractivity contribution is 0.0772. The Morgan fingerprint density at radius 2 is 2.29 bits per heavy atom. The van der Waals surface area contributed by atoms with Crippen LogP contribution in [0.5, 0.6) is 0 Å². The fraction of sp³-hybridized carbons (Fsp3) is 1.00. The summed E-state index contributed by atoms with van der Waals surface area (Å²) in [5, 5.41) is 0.348. The third kappa shape index (κ3) is 1.78. The standard InChI is InChI=1S/C5H9BrO/c6-5-3-1-2-4-7-5/h5H,1-4H2. The van der Waals surface area contributed by atoms with Crippen LogP contribution in [-0.2, 0) is 4.74 Å². The predicted octanol–water partition coefficient (Wildman–Crippen LogP) is 1.91. The minimum atomic E-state index is 0.348. The van der Waals surface area contributed by atoms with Crippen molar-refractivity contribution in [2.24, 2.45) is 0 Å². The third-order valence-electron chi connectivity index (χ3n) is 1.12. The van der Waals surface area contributed by atoms with Gasteiger partial charge in [0.25, 0.3) is 0 Å². The molecular formula is C5H9BrO. The minimum Gasteiger partial charge on any atom is -0.367 e. The van der Waals surface area contributed by atoms with E-state index in [0.29, 0.717) is 5.01 Å². The van der Waals surface area contributed by atoms with Gasteiger partial charge in [-0.1, -0.05) is 15.9 Å². The van der Waals surface area contributed by atoms with Crippen molar-refractivity contribution >= 4 is 15.9 Å². The number of hydrogen-bond donors (Lipinski definition) is 0. The minimum absolute atomic E-state index is 0.348. The largest absolute Gasteiger partial charge is 0.367 e. The summed E-state index contributed by atoms with van der Waals surface area (Å²) in [6.07, 6.45) is 3.73. The number of rotatable bonds is 0. The molecule has 1 saturated heterocycles. The first-order valence-corrected chi connectivity index (χ1v) is 3.57. The van der Waals surface area contributed by atoms with Gasteiger partial charge in [0.2, 0.25) is 0 Å². The normalized spacial score (nSPS) is 33.0. The van der Waals surface area contributed by atoms with Gasteiger partial charge < -0.3 is 4.74 Å². The van der Waals surface area contributed by atoms with Gasteiger partial charge >= 0.3 is 0 Å². The molecule has 7 heavy (non-hydrogen) atoms. The molecule has 0 aromatic rings. The summed E-state index contributed by atoms with van der Waals surface area (Å²) in [6.45, 7) is 0.940. The molecule has 0 spiro atoms. The highest BCUT2D eigenvalue weighted by Crippen LogP contribution is 2.16. The molecule has 0 aromatic heterocycles. The van der Waals surface area contributed by atoms with E-state index in [9.17, 15) is 0 Å². The van der Waals surface area contributed by atoms with Gasteiger partial charge in [0.1, 0.15) is 5.01 Å². The van der Waals surface area contributed by atoms with E-state index in [4.69, 9.17) is 4.74 Å². The number of alkyl halides is 1. The molecular weight excluding hydrogens is 156 g/mol. The molecule has 1 rings (SSSR count). The van der Waals surface area contributed by atoms with Gasteiger partial charge in [-0.05, 0) is 19.3 Å². The van der Waals surface area contributed by atoms with Gasteiger partial charge in [0.15, 0.2) is 0 Å². The van der Waals surface area contributed by atoms with E-state index in [2.05, 4.69) is 15.9 Å². The summed E-state index contributed by atoms with van der Waals surface area (Å²) in [5.74, 6) is 0. The molecule has 2 heteroatoms. The molecule has 1 fully saturated rings. The fourth-order valence-electron chi connectivity index (χ4n) is 0.701. The second-order valence-corrected chi connectivity index (χ2v) is 2.80. The molecule has 0 aliphatic carbocycles. The second kappa shape index (κ2) is 2.68. The average Bonchev–Trinajstić information content (AvgIpc) is 1.69. The summed E-state index contributed by atoms with van der Waals surface area (Å²) in [4.78, 5) is 0. The molecule has 0 saturated carbocycles. The first-order chi connectivity index (χ1) is 3.39. The Bertz CT molecular complexity index is 50.0. The SMILES string of the molecule is BrC1CCCCO1. The van der Waals surface area contributed by atoms with Crippen LogP contribution in [0.1, 0.15) is 19.3 Å². The molecule has 0 amide bonds. The van der Waals surface area contributed by atoms with E-state index in [1.165, 1.54) is 19.3 Å². The molecule has 0 bridgehead atoms. The lowest BCUT2D eigenvalue weighted by Crippen LogP contribution is -2.11. The van der Waals surface area contributed by atoms with Crippen LogP contribution in [0.3, 0.4) is 0 Å². The van der Waals surface area contributed by atoms with E-state index in [0.717, 1.165) is 6.61 Å². The zero-order chi connectivity index (χ0) is 5.11. The van der Waals surface area contributed by atoms with E-state index in [1.54, 1.807) is 0 Å². The quantitative estimate of drug-likeness (QED) is 0.498. The van der Waals surface area contributed by atoms with Crippen LogP contribution in [0.15, 0.2) is 0 Å². The Hall–Kier alpha value is 0.440. The lowest BCUT2D eigenvalue weighted by Gasteiger charge is -2.15. The third-order valence-corrected chi connectivity index (χ3v) is 1.85. The summed E-state index contributed by atoms with van der Waals surface area (Å²) in [5.41, 5.74) is 0. The van der Waals surface area contributed by atoms with Crippen LogP contribution in [0.4, 0.5) is 0 Å². The van der Waals surface area contributed by atoms with Crippen molar-refractivity contribution in [2.75, 3.05) is 6.61 Å². The topological polar surface area (TPSA) is 9.23 Å². The molecule has 42 valence electrons. The van der Waals surface area contributed by atoms with Crippen molar-refractivity contribution in [3.63, 3.8) is 0 Å². The van der Waals surface area contributed by atoms with Crippen molar-refractivity contribution in [1.82, 2.24) is 0 Å². The van der Waals surface area contributed by atoms with Crippen molar-refractivity contribution in [3.05, 3.63) is 0 Å². The summed E-state index contributed by atoms with van der Waals surface area (Å²) >= 11 is 3.37. The van der Waals surface area contributed by atoms with E-state index < -0.39 is 0 Å². The molecule has 1 heterocycles. The van der Waals surface area contributed by atoms with E-state index >= 15 is 0 Å². The van der Waals surface area contributed by atoms with Crippen LogP contribution in [0.2, 0.25) is 0 Å². The molecule has 1 nitrogen and oxygen atoms in total. The fourth-order valence-corrected chi connectivity index (χ4v) is 1.21. The van der Waals surface area contributed by atoms with Crippen molar-refractivity contribution in [3.8, 4) is 0 Å². The zero-order valence-electron chi connectivity index (χ0n) is 4.19. The molecule has 0 aromatic carbocycles. The molecule has 1 aliphatic heterocycles. The number of halogens is 1. The van der Waals surface area contributed by atoms with Gasteiger partial charge in [0, 0.05) is 6.61 Å². The summed E-state index contributed by atoms with van der Waals surface area (Å²) in [6, 6.07) is 0. The number of hydrogen-bond acceptors (Lipinski definition) is 1. The monoisotopic (exact) mass is 164 g/mol. The maximum Gasteiger partial charge on any atom is 0.112 e. The van der Waals surface area contributed by atoms with Crippen molar-refractivity contribution in [1.29, 1.82) is 0 Å². The van der Waals surface area contributed by atoms with E-state index in [1.807, 2.05) is 0 Å². The maximum absolute atomic E-state index is 5.19. The number of ether oxygens (including phenoxy) is 1. The van der Waals surface area contributed by atoms with Crippen molar-refractivity contribution in [2.45, 2.75) is 24.3 Å². The van der Waals surface area contributed by atoms with Crippen LogP contribution >= 0.6 is 15.9 Å². The van der Waals surface area contributed by atoms with Crippen LogP contribution in [-0.4, -0.2) is 11.6 Å².